The zero-order chi connectivity index (χ0) is 14.6. The molecule has 1 aliphatic heterocycles. The standard InChI is InChI=1S/C16H25NO2S/c1-5-17-15(16(2)9-6-10-20-16)13-8-7-12(18-3)11-14(13)19-4/h7-8,11,15,17H,5-6,9-10H2,1-4H3. The van der Waals surface area contributed by atoms with E-state index in [9.17, 15) is 0 Å². The van der Waals surface area contributed by atoms with E-state index in [0.29, 0.717) is 6.04 Å². The summed E-state index contributed by atoms with van der Waals surface area (Å²) >= 11 is 2.07. The molecule has 1 aliphatic rings. The molecule has 2 atom stereocenters. The molecule has 4 heteroatoms. The zero-order valence-electron chi connectivity index (χ0n) is 12.9. The van der Waals surface area contributed by atoms with Gasteiger partial charge in [-0.15, -0.1) is 0 Å². The summed E-state index contributed by atoms with van der Waals surface area (Å²) in [5.74, 6) is 2.99. The Morgan fingerprint density at radius 2 is 2.15 bits per heavy atom. The maximum atomic E-state index is 5.59. The highest BCUT2D eigenvalue weighted by Gasteiger charge is 2.39. The fourth-order valence-electron chi connectivity index (χ4n) is 2.94. The summed E-state index contributed by atoms with van der Waals surface area (Å²) in [6.45, 7) is 5.48. The largest absolute Gasteiger partial charge is 0.497 e. The fourth-order valence-corrected chi connectivity index (χ4v) is 4.36. The lowest BCUT2D eigenvalue weighted by Crippen LogP contribution is -2.37. The Morgan fingerprint density at radius 3 is 2.70 bits per heavy atom. The van der Waals surface area contributed by atoms with Crippen molar-refractivity contribution < 1.29 is 9.47 Å². The van der Waals surface area contributed by atoms with Gasteiger partial charge in [0, 0.05) is 16.4 Å². The van der Waals surface area contributed by atoms with Crippen molar-refractivity contribution in [3.63, 3.8) is 0 Å². The molecule has 1 fully saturated rings. The number of rotatable bonds is 6. The topological polar surface area (TPSA) is 30.5 Å². The molecule has 0 saturated carbocycles. The molecule has 3 nitrogen and oxygen atoms in total. The van der Waals surface area contributed by atoms with Gasteiger partial charge in [-0.25, -0.2) is 0 Å². The van der Waals surface area contributed by atoms with Crippen LogP contribution in [-0.4, -0.2) is 31.3 Å². The quantitative estimate of drug-likeness (QED) is 0.868. The zero-order valence-corrected chi connectivity index (χ0v) is 13.7. The van der Waals surface area contributed by atoms with E-state index >= 15 is 0 Å². The van der Waals surface area contributed by atoms with Crippen LogP contribution in [0, 0.1) is 0 Å². The molecule has 0 amide bonds. The van der Waals surface area contributed by atoms with Crippen LogP contribution in [0.3, 0.4) is 0 Å². The van der Waals surface area contributed by atoms with Gasteiger partial charge in [-0.3, -0.25) is 0 Å². The van der Waals surface area contributed by atoms with Crippen molar-refractivity contribution in [2.75, 3.05) is 26.5 Å². The van der Waals surface area contributed by atoms with Crippen LogP contribution in [-0.2, 0) is 0 Å². The third-order valence-electron chi connectivity index (χ3n) is 4.02. The molecule has 1 N–H and O–H groups in total. The van der Waals surface area contributed by atoms with Crippen molar-refractivity contribution in [1.82, 2.24) is 5.32 Å². The Bertz CT molecular complexity index is 444. The Kier molecular flexibility index (Phi) is 5.22. The molecular formula is C16H25NO2S. The Morgan fingerprint density at radius 1 is 1.35 bits per heavy atom. The van der Waals surface area contributed by atoms with Crippen molar-refractivity contribution in [2.45, 2.75) is 37.5 Å². The van der Waals surface area contributed by atoms with Gasteiger partial charge >= 0.3 is 0 Å². The highest BCUT2D eigenvalue weighted by molar-refractivity contribution is 8.00. The molecule has 0 bridgehead atoms. The summed E-state index contributed by atoms with van der Waals surface area (Å²) in [4.78, 5) is 0. The molecule has 1 saturated heterocycles. The predicted molar refractivity (Wildman–Crippen MR) is 86.1 cm³/mol. The van der Waals surface area contributed by atoms with E-state index in [4.69, 9.17) is 9.47 Å². The number of benzene rings is 1. The van der Waals surface area contributed by atoms with Gasteiger partial charge in [0.15, 0.2) is 0 Å². The molecule has 1 heterocycles. The van der Waals surface area contributed by atoms with Gasteiger partial charge in [0.1, 0.15) is 11.5 Å². The normalized spacial score (nSPS) is 23.6. The third-order valence-corrected chi connectivity index (χ3v) is 5.61. The van der Waals surface area contributed by atoms with Gasteiger partial charge in [0.05, 0.1) is 20.3 Å². The first-order chi connectivity index (χ1) is 9.64. The Hall–Kier alpha value is -0.870. The summed E-state index contributed by atoms with van der Waals surface area (Å²) in [7, 11) is 3.41. The molecule has 112 valence electrons. The van der Waals surface area contributed by atoms with Gasteiger partial charge in [-0.1, -0.05) is 13.0 Å². The van der Waals surface area contributed by atoms with Crippen LogP contribution in [0.4, 0.5) is 0 Å². The number of methoxy groups -OCH3 is 2. The van der Waals surface area contributed by atoms with E-state index in [1.54, 1.807) is 14.2 Å². The highest BCUT2D eigenvalue weighted by atomic mass is 32.2. The second kappa shape index (κ2) is 6.72. The maximum Gasteiger partial charge on any atom is 0.127 e. The van der Waals surface area contributed by atoms with Crippen LogP contribution < -0.4 is 14.8 Å². The second-order valence-electron chi connectivity index (χ2n) is 5.36. The average molecular weight is 295 g/mol. The summed E-state index contributed by atoms with van der Waals surface area (Å²) < 4.78 is 11.1. The lowest BCUT2D eigenvalue weighted by atomic mass is 9.89. The third kappa shape index (κ3) is 3.07. The molecule has 1 aromatic rings. The van der Waals surface area contributed by atoms with Crippen LogP contribution in [0.5, 0.6) is 11.5 Å². The van der Waals surface area contributed by atoms with Gasteiger partial charge in [0.2, 0.25) is 0 Å². The van der Waals surface area contributed by atoms with Crippen molar-refractivity contribution in [3.8, 4) is 11.5 Å². The Labute approximate surface area is 126 Å². The number of hydrogen-bond donors (Lipinski definition) is 1. The van der Waals surface area contributed by atoms with E-state index in [2.05, 4.69) is 37.0 Å². The summed E-state index contributed by atoms with van der Waals surface area (Å²) in [5, 5.41) is 3.65. The van der Waals surface area contributed by atoms with Crippen LogP contribution in [0.15, 0.2) is 18.2 Å². The minimum Gasteiger partial charge on any atom is -0.497 e. The minimum atomic E-state index is 0.234. The molecule has 2 rings (SSSR count). The lowest BCUT2D eigenvalue weighted by molar-refractivity contribution is 0.368. The summed E-state index contributed by atoms with van der Waals surface area (Å²) in [6, 6.07) is 6.43. The molecule has 0 aromatic heterocycles. The molecule has 20 heavy (non-hydrogen) atoms. The van der Waals surface area contributed by atoms with Gasteiger partial charge in [-0.05, 0) is 38.1 Å². The Balaban J connectivity index is 2.38. The van der Waals surface area contributed by atoms with E-state index < -0.39 is 0 Å². The second-order valence-corrected chi connectivity index (χ2v) is 6.99. The first-order valence-electron chi connectivity index (χ1n) is 7.24. The van der Waals surface area contributed by atoms with E-state index in [1.165, 1.54) is 24.2 Å². The molecule has 0 radical (unpaired) electrons. The van der Waals surface area contributed by atoms with E-state index in [-0.39, 0.29) is 4.75 Å². The SMILES string of the molecule is CCNC(c1ccc(OC)cc1OC)C1(C)CCCS1. The van der Waals surface area contributed by atoms with E-state index in [1.807, 2.05) is 12.1 Å². The molecule has 1 aromatic carbocycles. The molecule has 0 spiro atoms. The van der Waals surface area contributed by atoms with Gasteiger partial charge in [-0.2, -0.15) is 11.8 Å². The van der Waals surface area contributed by atoms with Crippen LogP contribution in [0.25, 0.3) is 0 Å². The van der Waals surface area contributed by atoms with Crippen LogP contribution in [0.2, 0.25) is 0 Å². The number of nitrogens with one attached hydrogen (secondary N) is 1. The van der Waals surface area contributed by atoms with Gasteiger partial charge in [0.25, 0.3) is 0 Å². The van der Waals surface area contributed by atoms with Crippen molar-refractivity contribution >= 4 is 11.8 Å². The number of thioether (sulfide) groups is 1. The summed E-state index contributed by atoms with van der Waals surface area (Å²) in [6.07, 6.45) is 2.53. The maximum absolute atomic E-state index is 5.59. The monoisotopic (exact) mass is 295 g/mol. The smallest absolute Gasteiger partial charge is 0.127 e. The number of ether oxygens (including phenoxy) is 2. The fraction of sp³-hybridized carbons (Fsp3) is 0.625. The lowest BCUT2D eigenvalue weighted by Gasteiger charge is -2.35. The first kappa shape index (κ1) is 15.5. The van der Waals surface area contributed by atoms with Crippen molar-refractivity contribution in [3.05, 3.63) is 23.8 Å². The van der Waals surface area contributed by atoms with Crippen molar-refractivity contribution in [1.29, 1.82) is 0 Å². The van der Waals surface area contributed by atoms with Gasteiger partial charge < -0.3 is 14.8 Å². The molecule has 2 unspecified atom stereocenters. The van der Waals surface area contributed by atoms with Crippen molar-refractivity contribution in [2.24, 2.45) is 0 Å². The molecule has 0 aliphatic carbocycles. The number of hydrogen-bond acceptors (Lipinski definition) is 4. The first-order valence-corrected chi connectivity index (χ1v) is 8.22. The predicted octanol–water partition coefficient (Wildman–Crippen LogP) is 3.64. The average Bonchev–Trinajstić information content (AvgIpc) is 2.92. The minimum absolute atomic E-state index is 0.234. The highest BCUT2D eigenvalue weighted by Crippen LogP contribution is 2.48. The molecular weight excluding hydrogens is 270 g/mol. The van der Waals surface area contributed by atoms with Crippen LogP contribution in [0.1, 0.15) is 38.3 Å². The summed E-state index contributed by atoms with van der Waals surface area (Å²) in [5.41, 5.74) is 1.23. The van der Waals surface area contributed by atoms with Crippen LogP contribution >= 0.6 is 11.8 Å². The van der Waals surface area contributed by atoms with E-state index in [0.717, 1.165) is 18.0 Å².